The number of hydrogen-bond acceptors (Lipinski definition) is 3. The fourth-order valence-electron chi connectivity index (χ4n) is 2.05. The first-order valence-electron chi connectivity index (χ1n) is 7.39. The number of nitrogens with one attached hydrogen (secondary N) is 1. The van der Waals surface area contributed by atoms with Crippen LogP contribution in [0.5, 0.6) is 11.5 Å². The highest BCUT2D eigenvalue weighted by atomic mass is 16.5. The Labute approximate surface area is 131 Å². The molecular weight excluding hydrogens is 278 g/mol. The van der Waals surface area contributed by atoms with Gasteiger partial charge in [0.2, 0.25) is 0 Å². The van der Waals surface area contributed by atoms with Crippen molar-refractivity contribution in [3.8, 4) is 11.5 Å². The minimum absolute atomic E-state index is 0.00534. The lowest BCUT2D eigenvalue weighted by Crippen LogP contribution is -2.31. The van der Waals surface area contributed by atoms with Gasteiger partial charge in [0.15, 0.2) is 6.61 Å². The van der Waals surface area contributed by atoms with E-state index in [-0.39, 0.29) is 18.6 Å². The molecule has 1 unspecified atom stereocenters. The van der Waals surface area contributed by atoms with Gasteiger partial charge >= 0.3 is 0 Å². The van der Waals surface area contributed by atoms with Gasteiger partial charge in [-0.1, -0.05) is 30.3 Å². The zero-order chi connectivity index (χ0) is 15.8. The van der Waals surface area contributed by atoms with E-state index in [0.717, 1.165) is 11.3 Å². The molecule has 116 valence electrons. The van der Waals surface area contributed by atoms with Crippen molar-refractivity contribution in [2.45, 2.75) is 19.9 Å². The van der Waals surface area contributed by atoms with Crippen LogP contribution in [0.1, 0.15) is 25.5 Å². The van der Waals surface area contributed by atoms with Crippen LogP contribution in [0.4, 0.5) is 0 Å². The Morgan fingerprint density at radius 3 is 2.27 bits per heavy atom. The summed E-state index contributed by atoms with van der Waals surface area (Å²) in [5.74, 6) is 1.37. The van der Waals surface area contributed by atoms with Crippen molar-refractivity contribution in [1.82, 2.24) is 5.32 Å². The number of carbonyl (C=O) groups excluding carboxylic acids is 1. The molecular formula is C18H21NO3. The zero-order valence-corrected chi connectivity index (χ0v) is 12.9. The SMILES string of the molecule is CCOc1ccc(C(C)NC(=O)COc2ccccc2)cc1. The Morgan fingerprint density at radius 2 is 1.64 bits per heavy atom. The normalized spacial score (nSPS) is 11.5. The average Bonchev–Trinajstić information content (AvgIpc) is 2.55. The topological polar surface area (TPSA) is 47.6 Å². The molecule has 22 heavy (non-hydrogen) atoms. The fraction of sp³-hybridized carbons (Fsp3) is 0.278. The highest BCUT2D eigenvalue weighted by Crippen LogP contribution is 2.17. The van der Waals surface area contributed by atoms with E-state index in [9.17, 15) is 4.79 Å². The molecule has 1 atom stereocenters. The Hall–Kier alpha value is -2.49. The molecule has 4 heteroatoms. The molecule has 4 nitrogen and oxygen atoms in total. The van der Waals surface area contributed by atoms with Crippen molar-refractivity contribution < 1.29 is 14.3 Å². The molecule has 2 rings (SSSR count). The summed E-state index contributed by atoms with van der Waals surface area (Å²) in [5, 5.41) is 2.91. The summed E-state index contributed by atoms with van der Waals surface area (Å²) in [6, 6.07) is 16.9. The molecule has 0 bridgehead atoms. The van der Waals surface area contributed by atoms with Gasteiger partial charge in [-0.15, -0.1) is 0 Å². The lowest BCUT2D eigenvalue weighted by molar-refractivity contribution is -0.123. The predicted molar refractivity (Wildman–Crippen MR) is 86.1 cm³/mol. The number of ether oxygens (including phenoxy) is 2. The molecule has 0 radical (unpaired) electrons. The van der Waals surface area contributed by atoms with Crippen LogP contribution in [-0.4, -0.2) is 19.1 Å². The number of carbonyl (C=O) groups is 1. The van der Waals surface area contributed by atoms with Gasteiger partial charge in [-0.3, -0.25) is 4.79 Å². The number of para-hydroxylation sites is 1. The molecule has 0 aliphatic heterocycles. The molecule has 0 fully saturated rings. The summed E-state index contributed by atoms with van der Waals surface area (Å²) >= 11 is 0. The van der Waals surface area contributed by atoms with Crippen LogP contribution in [-0.2, 0) is 4.79 Å². The van der Waals surface area contributed by atoms with E-state index in [2.05, 4.69) is 5.32 Å². The molecule has 0 saturated heterocycles. The van der Waals surface area contributed by atoms with Crippen LogP contribution in [0.25, 0.3) is 0 Å². The van der Waals surface area contributed by atoms with Crippen molar-refractivity contribution in [2.75, 3.05) is 13.2 Å². The van der Waals surface area contributed by atoms with Crippen molar-refractivity contribution >= 4 is 5.91 Å². The van der Waals surface area contributed by atoms with E-state index in [1.54, 1.807) is 0 Å². The zero-order valence-electron chi connectivity index (χ0n) is 12.9. The standard InChI is InChI=1S/C18H21NO3/c1-3-21-17-11-9-15(10-12-17)14(2)19-18(20)13-22-16-7-5-4-6-8-16/h4-12,14H,3,13H2,1-2H3,(H,19,20). The van der Waals surface area contributed by atoms with Gasteiger partial charge in [0, 0.05) is 0 Å². The van der Waals surface area contributed by atoms with E-state index < -0.39 is 0 Å². The lowest BCUT2D eigenvalue weighted by atomic mass is 10.1. The smallest absolute Gasteiger partial charge is 0.258 e. The summed E-state index contributed by atoms with van der Waals surface area (Å²) in [6.45, 7) is 4.54. The van der Waals surface area contributed by atoms with E-state index in [0.29, 0.717) is 12.4 Å². The highest BCUT2D eigenvalue weighted by molar-refractivity contribution is 5.78. The van der Waals surface area contributed by atoms with E-state index >= 15 is 0 Å². The van der Waals surface area contributed by atoms with Crippen LogP contribution >= 0.6 is 0 Å². The second-order valence-corrected chi connectivity index (χ2v) is 4.89. The summed E-state index contributed by atoms with van der Waals surface area (Å²) in [6.07, 6.45) is 0. The third-order valence-electron chi connectivity index (χ3n) is 3.18. The van der Waals surface area contributed by atoms with Crippen molar-refractivity contribution in [2.24, 2.45) is 0 Å². The van der Waals surface area contributed by atoms with E-state index in [4.69, 9.17) is 9.47 Å². The average molecular weight is 299 g/mol. The van der Waals surface area contributed by atoms with Crippen molar-refractivity contribution in [3.63, 3.8) is 0 Å². The first-order valence-corrected chi connectivity index (χ1v) is 7.39. The van der Waals surface area contributed by atoms with Crippen molar-refractivity contribution in [1.29, 1.82) is 0 Å². The molecule has 0 heterocycles. The minimum atomic E-state index is -0.148. The lowest BCUT2D eigenvalue weighted by Gasteiger charge is -2.15. The molecule has 0 aliphatic rings. The Balaban J connectivity index is 1.82. The monoisotopic (exact) mass is 299 g/mol. The van der Waals surface area contributed by atoms with Gasteiger partial charge in [0.1, 0.15) is 11.5 Å². The molecule has 2 aromatic rings. The number of benzene rings is 2. The second-order valence-electron chi connectivity index (χ2n) is 4.89. The van der Waals surface area contributed by atoms with Gasteiger partial charge in [0.25, 0.3) is 5.91 Å². The van der Waals surface area contributed by atoms with Crippen molar-refractivity contribution in [3.05, 3.63) is 60.2 Å². The van der Waals surface area contributed by atoms with E-state index in [1.807, 2.05) is 68.4 Å². The van der Waals surface area contributed by atoms with Gasteiger partial charge in [0.05, 0.1) is 12.6 Å². The van der Waals surface area contributed by atoms with Gasteiger partial charge < -0.3 is 14.8 Å². The van der Waals surface area contributed by atoms with Crippen LogP contribution < -0.4 is 14.8 Å². The maximum absolute atomic E-state index is 11.9. The molecule has 1 N–H and O–H groups in total. The molecule has 0 aliphatic carbocycles. The van der Waals surface area contributed by atoms with Gasteiger partial charge in [-0.25, -0.2) is 0 Å². The molecule has 2 aromatic carbocycles. The van der Waals surface area contributed by atoms with E-state index in [1.165, 1.54) is 0 Å². The molecule has 0 aromatic heterocycles. The quantitative estimate of drug-likeness (QED) is 0.853. The molecule has 0 saturated carbocycles. The number of rotatable bonds is 7. The largest absolute Gasteiger partial charge is 0.494 e. The third-order valence-corrected chi connectivity index (χ3v) is 3.18. The minimum Gasteiger partial charge on any atom is -0.494 e. The predicted octanol–water partition coefficient (Wildman–Crippen LogP) is 3.34. The molecule has 0 spiro atoms. The van der Waals surface area contributed by atoms with Crippen LogP contribution in [0, 0.1) is 0 Å². The second kappa shape index (κ2) is 8.08. The third kappa shape index (κ3) is 4.81. The Morgan fingerprint density at radius 1 is 1.00 bits per heavy atom. The first-order chi connectivity index (χ1) is 10.7. The maximum atomic E-state index is 11.9. The summed E-state index contributed by atoms with van der Waals surface area (Å²) in [7, 11) is 0. The Kier molecular flexibility index (Phi) is 5.83. The fourth-order valence-corrected chi connectivity index (χ4v) is 2.05. The summed E-state index contributed by atoms with van der Waals surface area (Å²) in [5.41, 5.74) is 1.02. The molecule has 1 amide bonds. The van der Waals surface area contributed by atoms with Crippen LogP contribution in [0.15, 0.2) is 54.6 Å². The summed E-state index contributed by atoms with van der Waals surface area (Å²) < 4.78 is 10.8. The van der Waals surface area contributed by atoms with Crippen LogP contribution in [0.3, 0.4) is 0 Å². The maximum Gasteiger partial charge on any atom is 0.258 e. The number of hydrogen-bond donors (Lipinski definition) is 1. The van der Waals surface area contributed by atoms with Gasteiger partial charge in [-0.05, 0) is 43.7 Å². The van der Waals surface area contributed by atoms with Crippen LogP contribution in [0.2, 0.25) is 0 Å². The Bertz CT molecular complexity index is 581. The first kappa shape index (κ1) is 15.9. The number of amides is 1. The van der Waals surface area contributed by atoms with Gasteiger partial charge in [-0.2, -0.15) is 0 Å². The summed E-state index contributed by atoms with van der Waals surface area (Å²) in [4.78, 5) is 11.9. The highest BCUT2D eigenvalue weighted by Gasteiger charge is 2.10.